The van der Waals surface area contributed by atoms with Crippen molar-refractivity contribution in [1.29, 1.82) is 0 Å². The Morgan fingerprint density at radius 3 is 2.73 bits per heavy atom. The second-order valence-corrected chi connectivity index (χ2v) is 6.26. The predicted molar refractivity (Wildman–Crippen MR) is 103 cm³/mol. The number of likely N-dealkylation sites (tertiary alicyclic amines) is 1. The van der Waals surface area contributed by atoms with Gasteiger partial charge in [-0.3, -0.25) is 9.79 Å². The van der Waals surface area contributed by atoms with Gasteiger partial charge in [-0.2, -0.15) is 0 Å². The van der Waals surface area contributed by atoms with Crippen LogP contribution in [-0.4, -0.2) is 63.7 Å². The van der Waals surface area contributed by atoms with E-state index >= 15 is 0 Å². The van der Waals surface area contributed by atoms with Crippen molar-refractivity contribution in [2.24, 2.45) is 4.99 Å². The monoisotopic (exact) mass is 362 g/mol. The Morgan fingerprint density at radius 1 is 1.31 bits per heavy atom. The number of benzene rings is 1. The molecule has 144 valence electrons. The van der Waals surface area contributed by atoms with Gasteiger partial charge in [0.15, 0.2) is 17.5 Å². The number of amides is 1. The Bertz CT molecular complexity index is 633. The van der Waals surface area contributed by atoms with Crippen molar-refractivity contribution in [2.45, 2.75) is 32.2 Å². The van der Waals surface area contributed by atoms with Crippen molar-refractivity contribution in [2.75, 3.05) is 40.9 Å². The molecule has 0 aliphatic carbocycles. The standard InChI is InChI=1S/C19H30N4O3/c1-5-18(24)23-11-9-15(13-23)22-19(20-2)21-10-8-14-6-7-16(25-3)17(12-14)26-4/h6-7,12,15H,5,8-11,13H2,1-4H3,(H2,20,21,22). The van der Waals surface area contributed by atoms with Crippen molar-refractivity contribution >= 4 is 11.9 Å². The maximum Gasteiger partial charge on any atom is 0.222 e. The SMILES string of the molecule is CCC(=O)N1CCC(NC(=NC)NCCc2ccc(OC)c(OC)c2)C1. The molecule has 1 heterocycles. The van der Waals surface area contributed by atoms with Gasteiger partial charge >= 0.3 is 0 Å². The molecule has 1 atom stereocenters. The van der Waals surface area contributed by atoms with E-state index in [0.29, 0.717) is 6.42 Å². The molecule has 1 saturated heterocycles. The van der Waals surface area contributed by atoms with E-state index in [9.17, 15) is 4.79 Å². The number of carbonyl (C=O) groups excluding carboxylic acids is 1. The second kappa shape index (κ2) is 9.89. The number of carbonyl (C=O) groups is 1. The molecule has 1 aromatic carbocycles. The highest BCUT2D eigenvalue weighted by Gasteiger charge is 2.25. The van der Waals surface area contributed by atoms with E-state index in [1.165, 1.54) is 0 Å². The lowest BCUT2D eigenvalue weighted by molar-refractivity contribution is -0.129. The van der Waals surface area contributed by atoms with Crippen LogP contribution in [0.5, 0.6) is 11.5 Å². The van der Waals surface area contributed by atoms with Gasteiger partial charge in [0.2, 0.25) is 5.91 Å². The third kappa shape index (κ3) is 5.28. The van der Waals surface area contributed by atoms with E-state index in [2.05, 4.69) is 15.6 Å². The summed E-state index contributed by atoms with van der Waals surface area (Å²) in [4.78, 5) is 18.0. The van der Waals surface area contributed by atoms with Crippen molar-refractivity contribution in [1.82, 2.24) is 15.5 Å². The zero-order valence-electron chi connectivity index (χ0n) is 16.2. The smallest absolute Gasteiger partial charge is 0.222 e. The van der Waals surface area contributed by atoms with Crippen LogP contribution in [0.15, 0.2) is 23.2 Å². The molecule has 1 fully saturated rings. The molecule has 0 radical (unpaired) electrons. The second-order valence-electron chi connectivity index (χ2n) is 6.26. The van der Waals surface area contributed by atoms with E-state index in [1.54, 1.807) is 21.3 Å². The Morgan fingerprint density at radius 2 is 2.08 bits per heavy atom. The lowest BCUT2D eigenvalue weighted by atomic mass is 10.1. The molecule has 0 saturated carbocycles. The number of ether oxygens (including phenoxy) is 2. The van der Waals surface area contributed by atoms with Crippen molar-refractivity contribution in [3.8, 4) is 11.5 Å². The summed E-state index contributed by atoms with van der Waals surface area (Å²) in [5, 5.41) is 6.73. The number of hydrogen-bond donors (Lipinski definition) is 2. The molecule has 1 unspecified atom stereocenters. The summed E-state index contributed by atoms with van der Waals surface area (Å²) in [6, 6.07) is 6.18. The summed E-state index contributed by atoms with van der Waals surface area (Å²) in [5.41, 5.74) is 1.16. The summed E-state index contributed by atoms with van der Waals surface area (Å²) in [6.07, 6.45) is 2.35. The van der Waals surface area contributed by atoms with Crippen LogP contribution >= 0.6 is 0 Å². The highest BCUT2D eigenvalue weighted by atomic mass is 16.5. The van der Waals surface area contributed by atoms with Gasteiger partial charge in [-0.25, -0.2) is 0 Å². The summed E-state index contributed by atoms with van der Waals surface area (Å²) < 4.78 is 10.6. The van der Waals surface area contributed by atoms with Crippen LogP contribution in [0, 0.1) is 0 Å². The largest absolute Gasteiger partial charge is 0.493 e. The van der Waals surface area contributed by atoms with Crippen LogP contribution < -0.4 is 20.1 Å². The van der Waals surface area contributed by atoms with Crippen LogP contribution in [0.3, 0.4) is 0 Å². The van der Waals surface area contributed by atoms with Gasteiger partial charge in [0.25, 0.3) is 0 Å². The maximum atomic E-state index is 11.8. The van der Waals surface area contributed by atoms with Crippen molar-refractivity contribution < 1.29 is 14.3 Å². The fraction of sp³-hybridized carbons (Fsp3) is 0.579. The molecule has 7 heteroatoms. The molecule has 0 spiro atoms. The first kappa shape index (κ1) is 19.9. The summed E-state index contributed by atoms with van der Waals surface area (Å²) in [6.45, 7) is 4.20. The fourth-order valence-corrected chi connectivity index (χ4v) is 3.08. The molecule has 2 rings (SSSR count). The summed E-state index contributed by atoms with van der Waals surface area (Å²) in [5.74, 6) is 2.44. The number of hydrogen-bond acceptors (Lipinski definition) is 4. The van der Waals surface area contributed by atoms with Gasteiger partial charge < -0.3 is 25.0 Å². The predicted octanol–water partition coefficient (Wildman–Crippen LogP) is 1.42. The number of guanidine groups is 1. The quantitative estimate of drug-likeness (QED) is 0.567. The van der Waals surface area contributed by atoms with Gasteiger partial charge in [0.05, 0.1) is 14.2 Å². The topological polar surface area (TPSA) is 75.2 Å². The first-order chi connectivity index (χ1) is 12.6. The number of nitrogens with one attached hydrogen (secondary N) is 2. The minimum absolute atomic E-state index is 0.214. The van der Waals surface area contributed by atoms with E-state index in [-0.39, 0.29) is 11.9 Å². The molecule has 1 amide bonds. The van der Waals surface area contributed by atoms with Crippen molar-refractivity contribution in [3.05, 3.63) is 23.8 Å². The Balaban J connectivity index is 1.80. The maximum absolute atomic E-state index is 11.8. The minimum atomic E-state index is 0.214. The third-order valence-corrected chi connectivity index (χ3v) is 4.56. The molecule has 1 aliphatic rings. The zero-order chi connectivity index (χ0) is 18.9. The average molecular weight is 362 g/mol. The van der Waals surface area contributed by atoms with E-state index in [0.717, 1.165) is 55.5 Å². The number of methoxy groups -OCH3 is 2. The van der Waals surface area contributed by atoms with Gasteiger partial charge in [0, 0.05) is 39.1 Å². The van der Waals surface area contributed by atoms with Crippen LogP contribution in [0.1, 0.15) is 25.3 Å². The number of aliphatic imine (C=N–C) groups is 1. The molecule has 1 aromatic rings. The third-order valence-electron chi connectivity index (χ3n) is 4.56. The first-order valence-electron chi connectivity index (χ1n) is 9.07. The average Bonchev–Trinajstić information content (AvgIpc) is 3.14. The molecular formula is C19H30N4O3. The minimum Gasteiger partial charge on any atom is -0.493 e. The van der Waals surface area contributed by atoms with E-state index in [4.69, 9.17) is 9.47 Å². The van der Waals surface area contributed by atoms with Gasteiger partial charge in [-0.1, -0.05) is 13.0 Å². The molecule has 0 bridgehead atoms. The highest BCUT2D eigenvalue weighted by molar-refractivity contribution is 5.80. The molecule has 7 nitrogen and oxygen atoms in total. The number of rotatable bonds is 7. The zero-order valence-corrected chi connectivity index (χ0v) is 16.2. The first-order valence-corrected chi connectivity index (χ1v) is 9.07. The Hall–Kier alpha value is -2.44. The van der Waals surface area contributed by atoms with Crippen molar-refractivity contribution in [3.63, 3.8) is 0 Å². The molecule has 1 aliphatic heterocycles. The Labute approximate surface area is 155 Å². The highest BCUT2D eigenvalue weighted by Crippen LogP contribution is 2.27. The van der Waals surface area contributed by atoms with Gasteiger partial charge in [-0.05, 0) is 30.5 Å². The molecule has 2 N–H and O–H groups in total. The summed E-state index contributed by atoms with van der Waals surface area (Å²) in [7, 11) is 5.03. The summed E-state index contributed by atoms with van der Waals surface area (Å²) >= 11 is 0. The molecular weight excluding hydrogens is 332 g/mol. The molecule has 26 heavy (non-hydrogen) atoms. The number of nitrogens with zero attached hydrogens (tertiary/aromatic N) is 2. The van der Waals surface area contributed by atoms with Gasteiger partial charge in [-0.15, -0.1) is 0 Å². The lowest BCUT2D eigenvalue weighted by Crippen LogP contribution is -2.45. The van der Waals surface area contributed by atoms with Crippen LogP contribution in [0.2, 0.25) is 0 Å². The van der Waals surface area contributed by atoms with Crippen LogP contribution in [0.4, 0.5) is 0 Å². The molecule has 0 aromatic heterocycles. The van der Waals surface area contributed by atoms with Crippen LogP contribution in [0.25, 0.3) is 0 Å². The van der Waals surface area contributed by atoms with E-state index in [1.807, 2.05) is 30.0 Å². The fourth-order valence-electron chi connectivity index (χ4n) is 3.08. The lowest BCUT2D eigenvalue weighted by Gasteiger charge is -2.19. The normalized spacial score (nSPS) is 17.2. The van der Waals surface area contributed by atoms with Gasteiger partial charge in [0.1, 0.15) is 0 Å². The Kier molecular flexibility index (Phi) is 7.56. The van der Waals surface area contributed by atoms with Crippen LogP contribution in [-0.2, 0) is 11.2 Å². The van der Waals surface area contributed by atoms with E-state index < -0.39 is 0 Å².